The molecule has 2 aromatic rings. The minimum atomic E-state index is -0.547. The summed E-state index contributed by atoms with van der Waals surface area (Å²) in [7, 11) is 0. The van der Waals surface area contributed by atoms with E-state index in [1.165, 1.54) is 10.8 Å². The second-order valence-corrected chi connectivity index (χ2v) is 3.52. The highest BCUT2D eigenvalue weighted by Gasteiger charge is 2.18. The third-order valence-electron chi connectivity index (χ3n) is 2.38. The molecule has 0 aliphatic heterocycles. The van der Waals surface area contributed by atoms with Gasteiger partial charge in [-0.05, 0) is 19.1 Å². The summed E-state index contributed by atoms with van der Waals surface area (Å²) in [6.45, 7) is 1.98. The number of carbonyl (C=O) groups is 2. The minimum Gasteiger partial charge on any atom is -0.460 e. The van der Waals surface area contributed by atoms with Gasteiger partial charge in [-0.2, -0.15) is 0 Å². The predicted octanol–water partition coefficient (Wildman–Crippen LogP) is 1.86. The van der Waals surface area contributed by atoms with Crippen LogP contribution in [0.5, 0.6) is 0 Å². The third-order valence-corrected chi connectivity index (χ3v) is 2.38. The Morgan fingerprint density at radius 2 is 2.11 bits per heavy atom. The van der Waals surface area contributed by atoms with Crippen molar-refractivity contribution in [2.45, 2.75) is 6.92 Å². The number of para-hydroxylation sites is 1. The lowest BCUT2D eigenvalue weighted by atomic mass is 10.3. The van der Waals surface area contributed by atoms with E-state index in [1.54, 1.807) is 19.1 Å². The maximum atomic E-state index is 11.7. The highest BCUT2D eigenvalue weighted by molar-refractivity contribution is 5.88. The van der Waals surface area contributed by atoms with Gasteiger partial charge in [0.15, 0.2) is 6.29 Å². The van der Waals surface area contributed by atoms with Gasteiger partial charge in [-0.15, -0.1) is 0 Å². The summed E-state index contributed by atoms with van der Waals surface area (Å²) in [6.07, 6.45) is 2.01. The molecule has 0 aliphatic carbocycles. The van der Waals surface area contributed by atoms with Crippen LogP contribution in [0.2, 0.25) is 0 Å². The molecular weight excluding hydrogens is 232 g/mol. The first-order valence-electron chi connectivity index (χ1n) is 5.53. The Labute approximate surface area is 104 Å². The lowest BCUT2D eigenvalue weighted by Gasteiger charge is -2.08. The predicted molar refractivity (Wildman–Crippen MR) is 64.9 cm³/mol. The number of hydrogen-bond donors (Lipinski definition) is 0. The minimum absolute atomic E-state index is 0.102. The fraction of sp³-hybridized carbons (Fsp3) is 0.154. The van der Waals surface area contributed by atoms with Crippen LogP contribution < -0.4 is 0 Å². The topological polar surface area (TPSA) is 61.2 Å². The fourth-order valence-electron chi connectivity index (χ4n) is 1.64. The van der Waals surface area contributed by atoms with Crippen molar-refractivity contribution in [1.29, 1.82) is 0 Å². The van der Waals surface area contributed by atoms with Crippen molar-refractivity contribution in [3.05, 3.63) is 48.0 Å². The van der Waals surface area contributed by atoms with E-state index in [9.17, 15) is 9.59 Å². The number of hydrogen-bond acceptors (Lipinski definition) is 4. The van der Waals surface area contributed by atoms with Crippen molar-refractivity contribution in [3.8, 4) is 5.69 Å². The number of rotatable bonds is 4. The Morgan fingerprint density at radius 3 is 2.72 bits per heavy atom. The molecule has 0 radical (unpaired) electrons. The van der Waals surface area contributed by atoms with Crippen molar-refractivity contribution in [1.82, 2.24) is 9.55 Å². The van der Waals surface area contributed by atoms with Crippen LogP contribution in [-0.4, -0.2) is 28.4 Å². The number of nitrogens with zero attached hydrogens (tertiary/aromatic N) is 2. The molecule has 0 N–H and O–H groups in total. The van der Waals surface area contributed by atoms with E-state index in [4.69, 9.17) is 4.74 Å². The van der Waals surface area contributed by atoms with E-state index < -0.39 is 5.97 Å². The molecule has 0 unspecified atom stereocenters. The van der Waals surface area contributed by atoms with E-state index in [-0.39, 0.29) is 12.4 Å². The van der Waals surface area contributed by atoms with Crippen molar-refractivity contribution in [2.75, 3.05) is 6.61 Å². The van der Waals surface area contributed by atoms with E-state index in [2.05, 4.69) is 4.98 Å². The Bertz CT molecular complexity index is 561. The maximum Gasteiger partial charge on any atom is 0.374 e. The molecule has 2 rings (SSSR count). The largest absolute Gasteiger partial charge is 0.460 e. The zero-order valence-electron chi connectivity index (χ0n) is 9.87. The second-order valence-electron chi connectivity index (χ2n) is 3.52. The normalized spacial score (nSPS) is 10.1. The lowest BCUT2D eigenvalue weighted by Crippen LogP contribution is -2.13. The summed E-state index contributed by atoms with van der Waals surface area (Å²) in [5.41, 5.74) is 1.00. The molecule has 5 nitrogen and oxygen atoms in total. The molecule has 0 saturated carbocycles. The number of esters is 1. The molecule has 1 aromatic carbocycles. The monoisotopic (exact) mass is 244 g/mol. The number of imidazole rings is 1. The molecule has 1 aromatic heterocycles. The fourth-order valence-corrected chi connectivity index (χ4v) is 1.64. The van der Waals surface area contributed by atoms with Crippen LogP contribution in [0.1, 0.15) is 28.0 Å². The van der Waals surface area contributed by atoms with Crippen LogP contribution in [0.15, 0.2) is 36.5 Å². The molecule has 92 valence electrons. The van der Waals surface area contributed by atoms with Gasteiger partial charge in [0.05, 0.1) is 12.8 Å². The summed E-state index contributed by atoms with van der Waals surface area (Å²) < 4.78 is 6.39. The van der Waals surface area contributed by atoms with Gasteiger partial charge in [0.1, 0.15) is 5.69 Å². The second kappa shape index (κ2) is 5.27. The van der Waals surface area contributed by atoms with Crippen LogP contribution in [0, 0.1) is 0 Å². The van der Waals surface area contributed by atoms with E-state index >= 15 is 0 Å². The van der Waals surface area contributed by atoms with Crippen LogP contribution in [0.25, 0.3) is 5.69 Å². The average Bonchev–Trinajstić information content (AvgIpc) is 2.83. The highest BCUT2D eigenvalue weighted by atomic mass is 16.5. The van der Waals surface area contributed by atoms with Crippen molar-refractivity contribution >= 4 is 12.3 Å². The molecule has 0 amide bonds. The van der Waals surface area contributed by atoms with Gasteiger partial charge in [0.2, 0.25) is 5.82 Å². The SMILES string of the molecule is CCOC(=O)c1ncc(C=O)n1-c1ccccc1. The molecule has 0 fully saturated rings. The first-order chi connectivity index (χ1) is 8.77. The molecule has 1 heterocycles. The zero-order chi connectivity index (χ0) is 13.0. The van der Waals surface area contributed by atoms with Gasteiger partial charge < -0.3 is 4.74 Å². The van der Waals surface area contributed by atoms with Gasteiger partial charge in [-0.25, -0.2) is 9.78 Å². The van der Waals surface area contributed by atoms with Crippen LogP contribution >= 0.6 is 0 Å². The number of aromatic nitrogens is 2. The Hall–Kier alpha value is -2.43. The van der Waals surface area contributed by atoms with Crippen LogP contribution in [0.3, 0.4) is 0 Å². The van der Waals surface area contributed by atoms with Crippen LogP contribution in [-0.2, 0) is 4.74 Å². The van der Waals surface area contributed by atoms with Gasteiger partial charge in [-0.3, -0.25) is 9.36 Å². The van der Waals surface area contributed by atoms with Gasteiger partial charge in [0, 0.05) is 5.69 Å². The summed E-state index contributed by atoms with van der Waals surface area (Å²) in [4.78, 5) is 26.7. The van der Waals surface area contributed by atoms with Gasteiger partial charge in [0.25, 0.3) is 0 Å². The van der Waals surface area contributed by atoms with Crippen LogP contribution in [0.4, 0.5) is 0 Å². The number of benzene rings is 1. The first kappa shape index (κ1) is 12.0. The zero-order valence-corrected chi connectivity index (χ0v) is 9.87. The maximum absolute atomic E-state index is 11.7. The molecule has 18 heavy (non-hydrogen) atoms. The average molecular weight is 244 g/mol. The summed E-state index contributed by atoms with van der Waals surface area (Å²) in [5.74, 6) is -0.445. The smallest absolute Gasteiger partial charge is 0.374 e. The van der Waals surface area contributed by atoms with Gasteiger partial charge in [-0.1, -0.05) is 18.2 Å². The quantitative estimate of drug-likeness (QED) is 0.608. The number of ether oxygens (including phenoxy) is 1. The molecule has 0 atom stereocenters. The van der Waals surface area contributed by atoms with Crippen molar-refractivity contribution in [3.63, 3.8) is 0 Å². The van der Waals surface area contributed by atoms with Gasteiger partial charge >= 0.3 is 5.97 Å². The number of aldehydes is 1. The van der Waals surface area contributed by atoms with Crippen molar-refractivity contribution in [2.24, 2.45) is 0 Å². The molecule has 0 spiro atoms. The Balaban J connectivity index is 2.53. The molecular formula is C13H12N2O3. The number of carbonyl (C=O) groups excluding carboxylic acids is 2. The molecule has 0 aliphatic rings. The highest BCUT2D eigenvalue weighted by Crippen LogP contribution is 2.14. The standard InChI is InChI=1S/C13H12N2O3/c1-2-18-13(17)12-14-8-11(9-16)15(12)10-6-4-3-5-7-10/h3-9H,2H2,1H3. The van der Waals surface area contributed by atoms with E-state index in [0.29, 0.717) is 17.7 Å². The Morgan fingerprint density at radius 1 is 1.39 bits per heavy atom. The third kappa shape index (κ3) is 2.15. The van der Waals surface area contributed by atoms with E-state index in [0.717, 1.165) is 0 Å². The first-order valence-corrected chi connectivity index (χ1v) is 5.53. The Kier molecular flexibility index (Phi) is 3.52. The van der Waals surface area contributed by atoms with E-state index in [1.807, 2.05) is 18.2 Å². The molecule has 5 heteroatoms. The summed E-state index contributed by atoms with van der Waals surface area (Å²) >= 11 is 0. The van der Waals surface area contributed by atoms with Crippen molar-refractivity contribution < 1.29 is 14.3 Å². The lowest BCUT2D eigenvalue weighted by molar-refractivity contribution is 0.0510. The summed E-state index contributed by atoms with van der Waals surface area (Å²) in [5, 5.41) is 0. The molecule has 0 saturated heterocycles. The molecule has 0 bridgehead atoms. The summed E-state index contributed by atoms with van der Waals surface area (Å²) in [6, 6.07) is 9.07.